The van der Waals surface area contributed by atoms with E-state index >= 15 is 0 Å². The highest BCUT2D eigenvalue weighted by Crippen LogP contribution is 2.16. The molecule has 420 valence electrons. The predicted octanol–water partition coefficient (Wildman–Crippen LogP) is 21.1. The summed E-state index contributed by atoms with van der Waals surface area (Å²) in [5.41, 5.74) is 0. The molecule has 0 heterocycles. The summed E-state index contributed by atoms with van der Waals surface area (Å²) >= 11 is 0. The quantitative estimate of drug-likeness (QED) is 0.0261. The first-order valence-corrected chi connectivity index (χ1v) is 31.1. The van der Waals surface area contributed by atoms with Crippen molar-refractivity contribution in [3.05, 3.63) is 85.1 Å². The van der Waals surface area contributed by atoms with Crippen LogP contribution >= 0.6 is 0 Å². The summed E-state index contributed by atoms with van der Waals surface area (Å²) in [5.74, 6) is -0.908. The van der Waals surface area contributed by atoms with E-state index in [-0.39, 0.29) is 31.1 Å². The molecule has 0 fully saturated rings. The lowest BCUT2D eigenvalue weighted by atomic mass is 10.0. The lowest BCUT2D eigenvalue weighted by molar-refractivity contribution is -0.167. The zero-order chi connectivity index (χ0) is 52.9. The maximum atomic E-state index is 12.9. The molecule has 0 radical (unpaired) electrons. The van der Waals surface area contributed by atoms with Gasteiger partial charge in [0.05, 0.1) is 0 Å². The van der Waals surface area contributed by atoms with E-state index in [0.29, 0.717) is 19.3 Å². The number of carbonyl (C=O) groups is 3. The van der Waals surface area contributed by atoms with Gasteiger partial charge in [-0.1, -0.05) is 260 Å². The summed E-state index contributed by atoms with van der Waals surface area (Å²) < 4.78 is 16.9. The number of carbonyl (C=O) groups excluding carboxylic acids is 3. The van der Waals surface area contributed by atoms with E-state index in [1.165, 1.54) is 148 Å². The van der Waals surface area contributed by atoms with Gasteiger partial charge in [0.25, 0.3) is 0 Å². The SMILES string of the molecule is CC/C=C\C/C=C\C/C=C\C/C=C\C/C=C\CCCCCCCC(=O)OC(COC(=O)CCCCCCC/C=C\CCCC)COC(=O)CCCCCCCCCCCCC/C=C\CCCCCCCCCC. The zero-order valence-corrected chi connectivity index (χ0v) is 48.1. The van der Waals surface area contributed by atoms with Crippen molar-refractivity contribution in [3.63, 3.8) is 0 Å². The van der Waals surface area contributed by atoms with Crippen LogP contribution in [-0.4, -0.2) is 37.2 Å². The van der Waals surface area contributed by atoms with Gasteiger partial charge in [-0.3, -0.25) is 14.4 Å². The van der Waals surface area contributed by atoms with E-state index in [2.05, 4.69) is 106 Å². The Balaban J connectivity index is 4.32. The van der Waals surface area contributed by atoms with E-state index in [4.69, 9.17) is 14.2 Å². The van der Waals surface area contributed by atoms with Gasteiger partial charge < -0.3 is 14.2 Å². The van der Waals surface area contributed by atoms with Crippen molar-refractivity contribution >= 4 is 17.9 Å². The summed E-state index contributed by atoms with van der Waals surface area (Å²) in [6.45, 7) is 6.49. The molecule has 0 saturated heterocycles. The highest BCUT2D eigenvalue weighted by atomic mass is 16.6. The van der Waals surface area contributed by atoms with E-state index in [9.17, 15) is 14.4 Å². The summed E-state index contributed by atoms with van der Waals surface area (Å²) in [7, 11) is 0. The van der Waals surface area contributed by atoms with Gasteiger partial charge in [0.1, 0.15) is 13.2 Å². The van der Waals surface area contributed by atoms with Crippen LogP contribution in [0.15, 0.2) is 85.1 Å². The molecule has 0 bridgehead atoms. The average Bonchev–Trinajstić information content (AvgIpc) is 3.39. The molecular formula is C67H116O6. The van der Waals surface area contributed by atoms with Gasteiger partial charge >= 0.3 is 17.9 Å². The third-order valence-electron chi connectivity index (χ3n) is 13.4. The molecule has 73 heavy (non-hydrogen) atoms. The minimum absolute atomic E-state index is 0.0867. The minimum atomic E-state index is -0.791. The fourth-order valence-corrected chi connectivity index (χ4v) is 8.68. The number of hydrogen-bond acceptors (Lipinski definition) is 6. The van der Waals surface area contributed by atoms with Gasteiger partial charge in [0.15, 0.2) is 6.10 Å². The van der Waals surface area contributed by atoms with Crippen molar-refractivity contribution in [2.75, 3.05) is 13.2 Å². The van der Waals surface area contributed by atoms with Crippen LogP contribution in [0.2, 0.25) is 0 Å². The Morgan fingerprint density at radius 1 is 0.288 bits per heavy atom. The fourth-order valence-electron chi connectivity index (χ4n) is 8.68. The standard InChI is InChI=1S/C67H116O6/c1-4-7-10-13-16-19-22-24-26-28-30-32-33-35-36-38-40-42-45-48-51-54-57-60-66(69)72-63-64(62-71-65(68)59-56-53-50-47-44-21-18-15-12-9-6-3)73-67(70)61-58-55-52-49-46-43-41-39-37-34-31-29-27-25-23-20-17-14-11-8-5-2/h8,11,15,17-18,20,25,27-28,30-31,34,39,41,64H,4-7,9-10,12-14,16,19,21-24,26,29,32-33,35-38,40,42-63H2,1-3H3/b11-8-,18-15-,20-17-,27-25-,30-28-,34-31-,41-39-. The van der Waals surface area contributed by atoms with Crippen molar-refractivity contribution in [1.29, 1.82) is 0 Å². The van der Waals surface area contributed by atoms with Crippen molar-refractivity contribution in [3.8, 4) is 0 Å². The molecule has 0 aliphatic rings. The number of hydrogen-bond donors (Lipinski definition) is 0. The van der Waals surface area contributed by atoms with Crippen molar-refractivity contribution in [2.24, 2.45) is 0 Å². The van der Waals surface area contributed by atoms with Gasteiger partial charge in [-0.2, -0.15) is 0 Å². The van der Waals surface area contributed by atoms with Crippen LogP contribution in [0.25, 0.3) is 0 Å². The second kappa shape index (κ2) is 61.1. The maximum absolute atomic E-state index is 12.9. The van der Waals surface area contributed by atoms with Gasteiger partial charge in [-0.05, 0) is 109 Å². The molecule has 0 amide bonds. The van der Waals surface area contributed by atoms with Crippen LogP contribution in [0.1, 0.15) is 303 Å². The number of rotatable bonds is 56. The van der Waals surface area contributed by atoms with Crippen LogP contribution in [0.5, 0.6) is 0 Å². The third-order valence-corrected chi connectivity index (χ3v) is 13.4. The summed E-state index contributed by atoms with van der Waals surface area (Å²) in [5, 5.41) is 0. The Labute approximate surface area is 452 Å². The molecule has 0 aromatic carbocycles. The van der Waals surface area contributed by atoms with Crippen LogP contribution in [0.3, 0.4) is 0 Å². The molecular weight excluding hydrogens is 901 g/mol. The van der Waals surface area contributed by atoms with Crippen molar-refractivity contribution < 1.29 is 28.6 Å². The molecule has 1 atom stereocenters. The van der Waals surface area contributed by atoms with Gasteiger partial charge in [0.2, 0.25) is 0 Å². The van der Waals surface area contributed by atoms with Crippen LogP contribution in [0.4, 0.5) is 0 Å². The van der Waals surface area contributed by atoms with Gasteiger partial charge in [0, 0.05) is 19.3 Å². The molecule has 0 spiro atoms. The van der Waals surface area contributed by atoms with Crippen LogP contribution in [-0.2, 0) is 28.6 Å². The Kier molecular flexibility index (Phi) is 58.3. The zero-order valence-electron chi connectivity index (χ0n) is 48.1. The largest absolute Gasteiger partial charge is 0.462 e. The molecule has 6 nitrogen and oxygen atoms in total. The van der Waals surface area contributed by atoms with Crippen LogP contribution in [0, 0.1) is 0 Å². The summed E-state index contributed by atoms with van der Waals surface area (Å²) in [6.07, 6.45) is 80.2. The topological polar surface area (TPSA) is 78.9 Å². The number of esters is 3. The molecule has 0 saturated carbocycles. The third kappa shape index (κ3) is 59.3. The minimum Gasteiger partial charge on any atom is -0.462 e. The molecule has 0 aliphatic carbocycles. The molecule has 6 heteroatoms. The molecule has 0 aromatic heterocycles. The number of unbranched alkanes of at least 4 members (excludes halogenated alkanes) is 31. The Morgan fingerprint density at radius 2 is 0.548 bits per heavy atom. The second-order valence-electron chi connectivity index (χ2n) is 20.6. The van der Waals surface area contributed by atoms with E-state index in [0.717, 1.165) is 116 Å². The highest BCUT2D eigenvalue weighted by molar-refractivity contribution is 5.71. The summed E-state index contributed by atoms with van der Waals surface area (Å²) in [6, 6.07) is 0. The predicted molar refractivity (Wildman–Crippen MR) is 316 cm³/mol. The van der Waals surface area contributed by atoms with E-state index in [1.807, 2.05) is 0 Å². The molecule has 0 rings (SSSR count). The smallest absolute Gasteiger partial charge is 0.306 e. The molecule has 0 N–H and O–H groups in total. The Bertz CT molecular complexity index is 1400. The number of allylic oxidation sites excluding steroid dienone is 14. The van der Waals surface area contributed by atoms with Gasteiger partial charge in [-0.15, -0.1) is 0 Å². The normalized spacial score (nSPS) is 12.6. The molecule has 1 unspecified atom stereocenters. The highest BCUT2D eigenvalue weighted by Gasteiger charge is 2.19. The molecule has 0 aliphatic heterocycles. The maximum Gasteiger partial charge on any atom is 0.306 e. The Morgan fingerprint density at radius 3 is 0.890 bits per heavy atom. The van der Waals surface area contributed by atoms with Gasteiger partial charge in [-0.25, -0.2) is 0 Å². The lowest BCUT2D eigenvalue weighted by Crippen LogP contribution is -2.30. The van der Waals surface area contributed by atoms with Crippen molar-refractivity contribution in [2.45, 2.75) is 309 Å². The molecule has 0 aromatic rings. The lowest BCUT2D eigenvalue weighted by Gasteiger charge is -2.18. The summed E-state index contributed by atoms with van der Waals surface area (Å²) in [4.78, 5) is 38.2. The van der Waals surface area contributed by atoms with E-state index < -0.39 is 6.10 Å². The fraction of sp³-hybridized carbons (Fsp3) is 0.746. The monoisotopic (exact) mass is 1020 g/mol. The number of ether oxygens (including phenoxy) is 3. The first-order valence-electron chi connectivity index (χ1n) is 31.1. The average molecular weight is 1020 g/mol. The van der Waals surface area contributed by atoms with Crippen molar-refractivity contribution in [1.82, 2.24) is 0 Å². The first kappa shape index (κ1) is 69.6. The Hall–Kier alpha value is -3.41. The second-order valence-corrected chi connectivity index (χ2v) is 20.6. The van der Waals surface area contributed by atoms with E-state index in [1.54, 1.807) is 0 Å². The van der Waals surface area contributed by atoms with Crippen LogP contribution < -0.4 is 0 Å². The first-order chi connectivity index (χ1) is 36.0.